The first-order valence-electron chi connectivity index (χ1n) is 5.09. The monoisotopic (exact) mass is 209 g/mol. The van der Waals surface area contributed by atoms with E-state index in [1.54, 1.807) is 18.2 Å². The van der Waals surface area contributed by atoms with E-state index in [2.05, 4.69) is 0 Å². The topological polar surface area (TPSA) is 26.3 Å². The second-order valence-corrected chi connectivity index (χ2v) is 3.65. The number of para-hydroxylation sites is 1. The molecule has 2 aliphatic rings. The van der Waals surface area contributed by atoms with Gasteiger partial charge in [0, 0.05) is 5.92 Å². The fraction of sp³-hybridized carbons (Fsp3) is 0. The molecule has 0 atom stereocenters. The van der Waals surface area contributed by atoms with Crippen LogP contribution in [0.5, 0.6) is 5.75 Å². The van der Waals surface area contributed by atoms with Crippen molar-refractivity contribution in [3.63, 3.8) is 0 Å². The quantitative estimate of drug-likeness (QED) is 0.664. The van der Waals surface area contributed by atoms with Crippen molar-refractivity contribution in [2.45, 2.75) is 0 Å². The van der Waals surface area contributed by atoms with Gasteiger partial charge in [0.2, 0.25) is 5.78 Å². The molecule has 0 N–H and O–H groups in total. The van der Waals surface area contributed by atoms with E-state index in [1.165, 1.54) is 0 Å². The normalized spacial score (nSPS) is 22.5. The fourth-order valence-corrected chi connectivity index (χ4v) is 1.77. The van der Waals surface area contributed by atoms with Crippen molar-refractivity contribution in [3.8, 4) is 5.75 Å². The maximum absolute atomic E-state index is 11.9. The van der Waals surface area contributed by atoms with Crippen LogP contribution in [0.25, 0.3) is 0 Å². The molecule has 2 nitrogen and oxygen atoms in total. The number of fused-ring (bicyclic) bond motifs is 1. The van der Waals surface area contributed by atoms with Crippen LogP contribution in [0.3, 0.4) is 0 Å². The number of Topliss-reactive ketones (excluding diaryl/α,β-unsaturated/α-hetero) is 1. The van der Waals surface area contributed by atoms with Gasteiger partial charge in [0.1, 0.15) is 5.75 Å². The van der Waals surface area contributed by atoms with Gasteiger partial charge in [0.15, 0.2) is 5.76 Å². The third kappa shape index (κ3) is 1.54. The molecule has 16 heavy (non-hydrogen) atoms. The van der Waals surface area contributed by atoms with Crippen molar-refractivity contribution in [1.82, 2.24) is 0 Å². The minimum Gasteiger partial charge on any atom is -0.453 e. The molecular formula is C14H9O2. The Kier molecular flexibility index (Phi) is 2.28. The van der Waals surface area contributed by atoms with Crippen LogP contribution in [0, 0.1) is 31.6 Å². The molecule has 0 spiro atoms. The second-order valence-electron chi connectivity index (χ2n) is 3.65. The van der Waals surface area contributed by atoms with Crippen LogP contribution in [0.4, 0.5) is 0 Å². The lowest BCUT2D eigenvalue weighted by Crippen LogP contribution is -2.01. The van der Waals surface area contributed by atoms with Gasteiger partial charge in [-0.05, 0) is 43.9 Å². The van der Waals surface area contributed by atoms with E-state index in [9.17, 15) is 4.79 Å². The zero-order valence-corrected chi connectivity index (χ0v) is 8.51. The molecule has 1 saturated carbocycles. The van der Waals surface area contributed by atoms with Gasteiger partial charge in [-0.1, -0.05) is 12.1 Å². The molecule has 0 unspecified atom stereocenters. The highest BCUT2D eigenvalue weighted by molar-refractivity contribution is 6.12. The maximum atomic E-state index is 11.9. The lowest BCUT2D eigenvalue weighted by atomic mass is 10.0. The van der Waals surface area contributed by atoms with Crippen molar-refractivity contribution in [2.75, 3.05) is 0 Å². The average Bonchev–Trinajstić information content (AvgIpc) is 2.90. The summed E-state index contributed by atoms with van der Waals surface area (Å²) in [5.41, 5.74) is 0.639. The summed E-state index contributed by atoms with van der Waals surface area (Å²) in [4.78, 5) is 11.9. The number of hydrogen-bond donors (Lipinski definition) is 0. The van der Waals surface area contributed by atoms with Gasteiger partial charge < -0.3 is 4.74 Å². The second kappa shape index (κ2) is 3.78. The Bertz CT molecular complexity index is 454. The van der Waals surface area contributed by atoms with Crippen molar-refractivity contribution >= 4 is 5.78 Å². The van der Waals surface area contributed by atoms with Crippen LogP contribution in [0.15, 0.2) is 36.1 Å². The molecule has 2 heteroatoms. The molecule has 0 saturated heterocycles. The van der Waals surface area contributed by atoms with E-state index >= 15 is 0 Å². The number of ketones is 1. The molecule has 1 aliphatic heterocycles. The maximum Gasteiger partial charge on any atom is 0.231 e. The van der Waals surface area contributed by atoms with Crippen LogP contribution in [0.1, 0.15) is 10.4 Å². The summed E-state index contributed by atoms with van der Waals surface area (Å²) in [6.45, 7) is 0. The number of carbonyl (C=O) groups excluding carboxylic acids is 1. The summed E-state index contributed by atoms with van der Waals surface area (Å²) in [5, 5.41) is 0. The smallest absolute Gasteiger partial charge is 0.231 e. The average molecular weight is 209 g/mol. The lowest BCUT2D eigenvalue weighted by Gasteiger charge is -2.01. The zero-order chi connectivity index (χ0) is 11.0. The largest absolute Gasteiger partial charge is 0.453 e. The Morgan fingerprint density at radius 3 is 2.56 bits per heavy atom. The van der Waals surface area contributed by atoms with Crippen molar-refractivity contribution in [1.29, 1.82) is 0 Å². The van der Waals surface area contributed by atoms with Gasteiger partial charge >= 0.3 is 0 Å². The third-order valence-electron chi connectivity index (χ3n) is 2.56. The Balaban J connectivity index is 1.89. The predicted molar refractivity (Wildman–Crippen MR) is 59.9 cm³/mol. The predicted octanol–water partition coefficient (Wildman–Crippen LogP) is 2.55. The zero-order valence-electron chi connectivity index (χ0n) is 8.51. The van der Waals surface area contributed by atoms with E-state index in [1.807, 2.05) is 37.8 Å². The summed E-state index contributed by atoms with van der Waals surface area (Å²) in [7, 11) is 0. The summed E-state index contributed by atoms with van der Waals surface area (Å²) >= 11 is 0. The van der Waals surface area contributed by atoms with E-state index in [0.29, 0.717) is 17.1 Å². The van der Waals surface area contributed by atoms with Crippen molar-refractivity contribution in [3.05, 3.63) is 73.3 Å². The van der Waals surface area contributed by atoms with Crippen molar-refractivity contribution in [2.24, 2.45) is 0 Å². The number of carbonyl (C=O) groups is 1. The van der Waals surface area contributed by atoms with Gasteiger partial charge in [0.25, 0.3) is 0 Å². The molecule has 5 radical (unpaired) electrons. The van der Waals surface area contributed by atoms with E-state index in [0.717, 1.165) is 5.92 Å². The first-order valence-corrected chi connectivity index (χ1v) is 5.09. The van der Waals surface area contributed by atoms with E-state index in [-0.39, 0.29) is 5.78 Å². The minimum absolute atomic E-state index is 0.0446. The Labute approximate surface area is 94.9 Å². The molecule has 0 aromatic heterocycles. The highest BCUT2D eigenvalue weighted by Crippen LogP contribution is 2.33. The molecule has 1 fully saturated rings. The van der Waals surface area contributed by atoms with E-state index < -0.39 is 0 Å². The molecule has 0 bridgehead atoms. The molecule has 3 rings (SSSR count). The molecule has 77 valence electrons. The van der Waals surface area contributed by atoms with Gasteiger partial charge in [-0.15, -0.1) is 0 Å². The molecule has 1 aliphatic carbocycles. The van der Waals surface area contributed by atoms with Crippen LogP contribution in [-0.4, -0.2) is 5.78 Å². The molecule has 1 aromatic carbocycles. The van der Waals surface area contributed by atoms with Gasteiger partial charge in [0.05, 0.1) is 5.56 Å². The standard InChI is InChI=1S/C14H9O2/c15-14-11-7-3-4-8-12(11)16-13(14)9-10-5-1-2-6-10/h1-9H/b13-9-. The van der Waals surface area contributed by atoms with Crippen LogP contribution >= 0.6 is 0 Å². The summed E-state index contributed by atoms with van der Waals surface area (Å²) in [5.74, 6) is 1.98. The van der Waals surface area contributed by atoms with Crippen LogP contribution in [0.2, 0.25) is 0 Å². The van der Waals surface area contributed by atoms with Gasteiger partial charge in [-0.3, -0.25) is 4.79 Å². The summed E-state index contributed by atoms with van der Waals surface area (Å²) in [6.07, 6.45) is 9.50. The Hall–Kier alpha value is -1.57. The highest BCUT2D eigenvalue weighted by Gasteiger charge is 2.28. The van der Waals surface area contributed by atoms with Crippen molar-refractivity contribution < 1.29 is 9.53 Å². The Morgan fingerprint density at radius 2 is 1.81 bits per heavy atom. The summed E-state index contributed by atoms with van der Waals surface area (Å²) < 4.78 is 5.50. The third-order valence-corrected chi connectivity index (χ3v) is 2.56. The van der Waals surface area contributed by atoms with Gasteiger partial charge in [-0.25, -0.2) is 0 Å². The molecule has 1 aromatic rings. The number of rotatable bonds is 1. The highest BCUT2D eigenvalue weighted by atomic mass is 16.5. The number of allylic oxidation sites excluding steroid dienone is 2. The van der Waals surface area contributed by atoms with Crippen LogP contribution < -0.4 is 4.74 Å². The minimum atomic E-state index is -0.0446. The number of benzene rings is 1. The van der Waals surface area contributed by atoms with Gasteiger partial charge in [-0.2, -0.15) is 0 Å². The molecular weight excluding hydrogens is 200 g/mol. The summed E-state index contributed by atoms with van der Waals surface area (Å²) in [6, 6.07) is 7.28. The Morgan fingerprint density at radius 1 is 1.06 bits per heavy atom. The molecule has 0 amide bonds. The lowest BCUT2D eigenvalue weighted by molar-refractivity contribution is 0.101. The first-order chi connectivity index (χ1) is 7.84. The van der Waals surface area contributed by atoms with E-state index in [4.69, 9.17) is 4.74 Å². The van der Waals surface area contributed by atoms with Crippen LogP contribution in [-0.2, 0) is 0 Å². The first kappa shape index (κ1) is 9.64. The SMILES string of the molecule is O=C1/C(=C/[C]2[CH][CH][CH][CH]2)Oc2ccccc21. The number of ether oxygens (including phenoxy) is 1. The molecule has 1 heterocycles. The fourth-order valence-electron chi connectivity index (χ4n) is 1.77. The number of hydrogen-bond acceptors (Lipinski definition) is 2.